The van der Waals surface area contributed by atoms with Crippen LogP contribution in [0.4, 0.5) is 0 Å². The van der Waals surface area contributed by atoms with Gasteiger partial charge in [-0.25, -0.2) is 0 Å². The lowest BCUT2D eigenvalue weighted by Gasteiger charge is -2.55. The Labute approximate surface area is 156 Å². The molecule has 0 aromatic rings. The molecular formula is C25H38. The molecule has 4 saturated carbocycles. The summed E-state index contributed by atoms with van der Waals surface area (Å²) in [5, 5.41) is 0. The number of hydrogen-bond donors (Lipinski definition) is 0. The van der Waals surface area contributed by atoms with Gasteiger partial charge in [0.25, 0.3) is 0 Å². The third-order valence-electron chi connectivity index (χ3n) is 8.11. The molecule has 4 rings (SSSR count). The molecule has 138 valence electrons. The van der Waals surface area contributed by atoms with Gasteiger partial charge in [0.05, 0.1) is 0 Å². The molecule has 0 N–H and O–H groups in total. The Morgan fingerprint density at radius 1 is 1.04 bits per heavy atom. The van der Waals surface area contributed by atoms with Crippen LogP contribution in [-0.4, -0.2) is 0 Å². The van der Waals surface area contributed by atoms with E-state index >= 15 is 0 Å². The van der Waals surface area contributed by atoms with E-state index in [0.29, 0.717) is 11.3 Å². The Kier molecular flexibility index (Phi) is 5.20. The van der Waals surface area contributed by atoms with Gasteiger partial charge < -0.3 is 0 Å². The molecule has 0 nitrogen and oxygen atoms in total. The van der Waals surface area contributed by atoms with Crippen LogP contribution in [0.2, 0.25) is 0 Å². The Bertz CT molecular complexity index is 604. The monoisotopic (exact) mass is 338 g/mol. The van der Waals surface area contributed by atoms with Gasteiger partial charge in [-0.15, -0.1) is 0 Å². The second-order valence-corrected chi connectivity index (χ2v) is 9.00. The topological polar surface area (TPSA) is 0 Å². The molecule has 0 aromatic heterocycles. The number of allylic oxidation sites excluding steroid dienone is 5. The fourth-order valence-electron chi connectivity index (χ4n) is 6.89. The predicted molar refractivity (Wildman–Crippen MR) is 110 cm³/mol. The van der Waals surface area contributed by atoms with E-state index in [9.17, 15) is 0 Å². The van der Waals surface area contributed by atoms with Crippen molar-refractivity contribution in [1.82, 2.24) is 0 Å². The second-order valence-electron chi connectivity index (χ2n) is 9.00. The van der Waals surface area contributed by atoms with E-state index in [0.717, 1.165) is 23.7 Å². The molecule has 4 aliphatic rings. The van der Waals surface area contributed by atoms with E-state index < -0.39 is 0 Å². The van der Waals surface area contributed by atoms with Crippen molar-refractivity contribution in [3.8, 4) is 0 Å². The fraction of sp³-hybridized carbons (Fsp3) is 0.680. The van der Waals surface area contributed by atoms with Crippen LogP contribution >= 0.6 is 0 Å². The van der Waals surface area contributed by atoms with Crippen LogP contribution in [-0.2, 0) is 0 Å². The average molecular weight is 339 g/mol. The molecule has 0 saturated heterocycles. The molecule has 0 aliphatic heterocycles. The van der Waals surface area contributed by atoms with Crippen molar-refractivity contribution in [3.63, 3.8) is 0 Å². The van der Waals surface area contributed by atoms with Gasteiger partial charge in [0.2, 0.25) is 0 Å². The summed E-state index contributed by atoms with van der Waals surface area (Å²) in [6, 6.07) is 0. The summed E-state index contributed by atoms with van der Waals surface area (Å²) >= 11 is 0. The van der Waals surface area contributed by atoms with Crippen molar-refractivity contribution < 1.29 is 0 Å². The number of hydrogen-bond acceptors (Lipinski definition) is 0. The first-order chi connectivity index (χ1) is 12.0. The molecular weight excluding hydrogens is 300 g/mol. The van der Waals surface area contributed by atoms with Gasteiger partial charge in [-0.05, 0) is 92.4 Å². The molecule has 6 atom stereocenters. The summed E-state index contributed by atoms with van der Waals surface area (Å²) in [6.45, 7) is 22.1. The Morgan fingerprint density at radius 3 is 2.44 bits per heavy atom. The lowest BCUT2D eigenvalue weighted by Crippen LogP contribution is -2.47. The van der Waals surface area contributed by atoms with Gasteiger partial charge in [0.1, 0.15) is 0 Å². The minimum atomic E-state index is 0.359. The Hall–Kier alpha value is -1.04. The molecule has 0 amide bonds. The number of fused-ring (bicyclic) bond motifs is 6. The van der Waals surface area contributed by atoms with Gasteiger partial charge in [-0.3, -0.25) is 0 Å². The first kappa shape index (κ1) is 18.7. The van der Waals surface area contributed by atoms with Gasteiger partial charge in [-0.2, -0.15) is 0 Å². The third kappa shape index (κ3) is 2.81. The largest absolute Gasteiger partial charge is 0.0998 e. The van der Waals surface area contributed by atoms with E-state index in [1.807, 2.05) is 13.8 Å². The van der Waals surface area contributed by atoms with Crippen LogP contribution in [0.15, 0.2) is 48.1 Å². The zero-order chi connectivity index (χ0) is 18.4. The summed E-state index contributed by atoms with van der Waals surface area (Å²) in [6.07, 6.45) is 11.4. The average Bonchev–Trinajstić information content (AvgIpc) is 2.92. The van der Waals surface area contributed by atoms with Crippen LogP contribution in [0.25, 0.3) is 0 Å². The lowest BCUT2D eigenvalue weighted by atomic mass is 9.49. The summed E-state index contributed by atoms with van der Waals surface area (Å²) in [5.41, 5.74) is 6.43. The van der Waals surface area contributed by atoms with Crippen molar-refractivity contribution in [2.75, 3.05) is 0 Å². The van der Waals surface area contributed by atoms with E-state index in [-0.39, 0.29) is 0 Å². The lowest BCUT2D eigenvalue weighted by molar-refractivity contribution is -0.00191. The summed E-state index contributed by atoms with van der Waals surface area (Å²) < 4.78 is 0. The van der Waals surface area contributed by atoms with Crippen LogP contribution in [0.3, 0.4) is 0 Å². The van der Waals surface area contributed by atoms with Gasteiger partial charge in [0, 0.05) is 0 Å². The number of rotatable bonds is 0. The summed E-state index contributed by atoms with van der Waals surface area (Å²) in [5.74, 6) is 4.08. The molecule has 0 heterocycles. The van der Waals surface area contributed by atoms with Gasteiger partial charge in [0.15, 0.2) is 0 Å². The van der Waals surface area contributed by atoms with Crippen molar-refractivity contribution in [1.29, 1.82) is 0 Å². The molecule has 2 bridgehead atoms. The molecule has 0 radical (unpaired) electrons. The zero-order valence-electron chi connectivity index (χ0n) is 17.0. The van der Waals surface area contributed by atoms with E-state index in [2.05, 4.69) is 39.7 Å². The van der Waals surface area contributed by atoms with Gasteiger partial charge >= 0.3 is 0 Å². The minimum Gasteiger partial charge on any atom is -0.0998 e. The predicted octanol–water partition coefficient (Wildman–Crippen LogP) is 7.50. The fourth-order valence-corrected chi connectivity index (χ4v) is 6.89. The quantitative estimate of drug-likeness (QED) is 0.401. The van der Waals surface area contributed by atoms with Gasteiger partial charge in [-0.1, -0.05) is 63.3 Å². The highest BCUT2D eigenvalue weighted by atomic mass is 14.6. The highest BCUT2D eigenvalue weighted by molar-refractivity contribution is 5.38. The van der Waals surface area contributed by atoms with Crippen molar-refractivity contribution >= 4 is 0 Å². The molecule has 4 aliphatic carbocycles. The Balaban J connectivity index is 0.000000880. The van der Waals surface area contributed by atoms with Crippen LogP contribution in [0.5, 0.6) is 0 Å². The maximum absolute atomic E-state index is 4.62. The zero-order valence-corrected chi connectivity index (χ0v) is 17.0. The standard InChI is InChI=1S/C23H32.C2H6/c1-6-18-15(3)12-20-19(18)7-8-22-21(20)13-17-11-14(2)9-10-23(22,5)16(17)4;1-2/h6,17,19-22H,2-4,7-13H2,1,5H3;1-2H3/b18-6+;. The smallest absolute Gasteiger partial charge is 0.00821 e. The van der Waals surface area contributed by atoms with Crippen LogP contribution < -0.4 is 0 Å². The SMILES string of the molecule is C=C1CCC2(C)C(=C)C(C1)CC1C3CC(=C)/C(=C\C)C3CCC12.CC. The van der Waals surface area contributed by atoms with Crippen molar-refractivity contribution in [2.45, 2.75) is 72.6 Å². The van der Waals surface area contributed by atoms with E-state index in [1.54, 1.807) is 11.1 Å². The van der Waals surface area contributed by atoms with Crippen LogP contribution in [0.1, 0.15) is 72.6 Å². The highest BCUT2D eigenvalue weighted by Gasteiger charge is 2.55. The first-order valence-electron chi connectivity index (χ1n) is 10.7. The normalized spacial score (nSPS) is 44.6. The molecule has 4 fully saturated rings. The van der Waals surface area contributed by atoms with E-state index in [4.69, 9.17) is 0 Å². The Morgan fingerprint density at radius 2 is 1.76 bits per heavy atom. The van der Waals surface area contributed by atoms with Crippen molar-refractivity contribution in [2.24, 2.45) is 35.0 Å². The third-order valence-corrected chi connectivity index (χ3v) is 8.11. The van der Waals surface area contributed by atoms with Crippen molar-refractivity contribution in [3.05, 3.63) is 48.1 Å². The van der Waals surface area contributed by atoms with E-state index in [1.165, 1.54) is 56.1 Å². The molecule has 6 unspecified atom stereocenters. The molecule has 0 aromatic carbocycles. The molecule has 0 spiro atoms. The minimum absolute atomic E-state index is 0.359. The maximum Gasteiger partial charge on any atom is -0.00821 e. The maximum atomic E-state index is 4.62. The second kappa shape index (κ2) is 6.93. The first-order valence-corrected chi connectivity index (χ1v) is 10.7. The molecule has 25 heavy (non-hydrogen) atoms. The molecule has 0 heteroatoms. The van der Waals surface area contributed by atoms with Crippen LogP contribution in [0, 0.1) is 35.0 Å². The summed E-state index contributed by atoms with van der Waals surface area (Å²) in [7, 11) is 0. The summed E-state index contributed by atoms with van der Waals surface area (Å²) in [4.78, 5) is 0. The highest BCUT2D eigenvalue weighted by Crippen LogP contribution is 2.65.